The van der Waals surface area contributed by atoms with Gasteiger partial charge in [0, 0.05) is 19.5 Å². The smallest absolute Gasteiger partial charge is 0.312 e. The van der Waals surface area contributed by atoms with E-state index in [4.69, 9.17) is 5.73 Å². The highest BCUT2D eigenvalue weighted by atomic mass is 16.5. The van der Waals surface area contributed by atoms with Gasteiger partial charge in [0.15, 0.2) is 0 Å². The van der Waals surface area contributed by atoms with E-state index in [0.29, 0.717) is 19.5 Å². The van der Waals surface area contributed by atoms with Gasteiger partial charge in [-0.05, 0) is 13.0 Å². The number of nitrogens with one attached hydrogen (secondary N) is 2. The van der Waals surface area contributed by atoms with Crippen LogP contribution in [0.5, 0.6) is 0 Å². The highest BCUT2D eigenvalue weighted by Gasteiger charge is 1.98. The van der Waals surface area contributed by atoms with Gasteiger partial charge in [0.2, 0.25) is 0 Å². The first-order chi connectivity index (χ1) is 6.66. The molecule has 0 unspecified atom stereocenters. The van der Waals surface area contributed by atoms with E-state index in [9.17, 15) is 9.59 Å². The molecule has 0 spiro atoms. The molecule has 0 saturated heterocycles. The average Bonchev–Trinajstić information content (AvgIpc) is 2.15. The molecule has 0 aliphatic rings. The summed E-state index contributed by atoms with van der Waals surface area (Å²) < 4.78 is 4.47. The van der Waals surface area contributed by atoms with Gasteiger partial charge in [-0.15, -0.1) is 0 Å². The Kier molecular flexibility index (Phi) is 7.53. The summed E-state index contributed by atoms with van der Waals surface area (Å²) in [6.45, 7) is 1.85. The number of urea groups is 1. The molecule has 0 aliphatic carbocycles. The predicted molar refractivity (Wildman–Crippen MR) is 51.7 cm³/mol. The molecular formula is C8H17N3O3. The number of ether oxygens (including phenoxy) is 1. The highest BCUT2D eigenvalue weighted by Crippen LogP contribution is 1.88. The summed E-state index contributed by atoms with van der Waals surface area (Å²) in [6, 6.07) is -0.527. The summed E-state index contributed by atoms with van der Waals surface area (Å²) >= 11 is 0. The molecule has 0 saturated carbocycles. The summed E-state index contributed by atoms with van der Waals surface area (Å²) in [6.07, 6.45) is 1.13. The summed E-state index contributed by atoms with van der Waals surface area (Å²) in [4.78, 5) is 20.9. The quantitative estimate of drug-likeness (QED) is 0.373. The van der Waals surface area contributed by atoms with Gasteiger partial charge in [-0.25, -0.2) is 4.79 Å². The molecule has 0 bridgehead atoms. The Bertz CT molecular complexity index is 185. The first-order valence-corrected chi connectivity index (χ1v) is 4.47. The van der Waals surface area contributed by atoms with Crippen LogP contribution < -0.4 is 16.4 Å². The van der Waals surface area contributed by atoms with Crippen LogP contribution in [0.4, 0.5) is 4.79 Å². The molecule has 0 atom stereocenters. The zero-order chi connectivity index (χ0) is 10.8. The van der Waals surface area contributed by atoms with Crippen LogP contribution in [0, 0.1) is 0 Å². The molecule has 4 N–H and O–H groups in total. The number of hydrogen-bond donors (Lipinski definition) is 3. The lowest BCUT2D eigenvalue weighted by Gasteiger charge is -2.04. The Balaban J connectivity index is 3.06. The fourth-order valence-corrected chi connectivity index (χ4v) is 0.859. The Labute approximate surface area is 83.2 Å². The number of esters is 1. The molecule has 6 heteroatoms. The third-order valence-electron chi connectivity index (χ3n) is 1.56. The van der Waals surface area contributed by atoms with Crippen LogP contribution in [0.2, 0.25) is 0 Å². The maximum atomic E-state index is 10.7. The number of methoxy groups -OCH3 is 1. The van der Waals surface area contributed by atoms with E-state index in [1.165, 1.54) is 7.11 Å². The zero-order valence-corrected chi connectivity index (χ0v) is 8.34. The summed E-state index contributed by atoms with van der Waals surface area (Å²) in [5, 5.41) is 5.48. The molecule has 0 fully saturated rings. The van der Waals surface area contributed by atoms with Crippen LogP contribution in [0.15, 0.2) is 0 Å². The van der Waals surface area contributed by atoms with Crippen LogP contribution in [-0.2, 0) is 9.53 Å². The van der Waals surface area contributed by atoms with E-state index >= 15 is 0 Å². The summed E-state index contributed by atoms with van der Waals surface area (Å²) in [5.41, 5.74) is 4.85. The maximum Gasteiger partial charge on any atom is 0.312 e. The number of rotatable bonds is 7. The topological polar surface area (TPSA) is 93.4 Å². The molecule has 0 aromatic rings. The largest absolute Gasteiger partial charge is 0.469 e. The fourth-order valence-electron chi connectivity index (χ4n) is 0.859. The van der Waals surface area contributed by atoms with Crippen LogP contribution in [0.25, 0.3) is 0 Å². The number of carbonyl (C=O) groups is 2. The maximum absolute atomic E-state index is 10.7. The van der Waals surface area contributed by atoms with Gasteiger partial charge in [0.05, 0.1) is 7.11 Å². The average molecular weight is 203 g/mol. The lowest BCUT2D eigenvalue weighted by Crippen LogP contribution is -2.35. The Hall–Kier alpha value is -1.30. The summed E-state index contributed by atoms with van der Waals surface area (Å²) in [7, 11) is 1.37. The van der Waals surface area contributed by atoms with E-state index in [2.05, 4.69) is 15.4 Å². The van der Waals surface area contributed by atoms with E-state index in [1.54, 1.807) is 0 Å². The van der Waals surface area contributed by atoms with Crippen molar-refractivity contribution in [3.63, 3.8) is 0 Å². The molecular weight excluding hydrogens is 186 g/mol. The first kappa shape index (κ1) is 12.7. The molecule has 0 aromatic carbocycles. The number of primary amides is 1. The third-order valence-corrected chi connectivity index (χ3v) is 1.56. The SMILES string of the molecule is COC(=O)CCCNCCNC(N)=O. The second kappa shape index (κ2) is 8.31. The minimum Gasteiger partial charge on any atom is -0.469 e. The van der Waals surface area contributed by atoms with Crippen LogP contribution in [-0.4, -0.2) is 38.7 Å². The standard InChI is InChI=1S/C8H17N3O3/c1-14-7(12)3-2-4-10-5-6-11-8(9)13/h10H,2-6H2,1H3,(H3,9,11,13). The predicted octanol–water partition coefficient (Wildman–Crippen LogP) is -0.802. The lowest BCUT2D eigenvalue weighted by molar-refractivity contribution is -0.140. The van der Waals surface area contributed by atoms with E-state index in [1.807, 2.05) is 0 Å². The van der Waals surface area contributed by atoms with Gasteiger partial charge in [-0.1, -0.05) is 0 Å². The van der Waals surface area contributed by atoms with Crippen LogP contribution in [0.3, 0.4) is 0 Å². The number of nitrogens with two attached hydrogens (primary N) is 1. The van der Waals surface area contributed by atoms with E-state index in [0.717, 1.165) is 13.0 Å². The molecule has 0 aliphatic heterocycles. The monoisotopic (exact) mass is 203 g/mol. The molecule has 0 radical (unpaired) electrons. The Morgan fingerprint density at radius 1 is 1.29 bits per heavy atom. The number of amides is 2. The van der Waals surface area contributed by atoms with Crippen molar-refractivity contribution in [2.75, 3.05) is 26.7 Å². The highest BCUT2D eigenvalue weighted by molar-refractivity contribution is 5.71. The van der Waals surface area contributed by atoms with Crippen molar-refractivity contribution in [2.24, 2.45) is 5.73 Å². The van der Waals surface area contributed by atoms with E-state index < -0.39 is 6.03 Å². The van der Waals surface area contributed by atoms with Crippen LogP contribution in [0.1, 0.15) is 12.8 Å². The van der Waals surface area contributed by atoms with Crippen molar-refractivity contribution in [3.05, 3.63) is 0 Å². The van der Waals surface area contributed by atoms with Gasteiger partial charge < -0.3 is 21.1 Å². The fraction of sp³-hybridized carbons (Fsp3) is 0.750. The normalized spacial score (nSPS) is 9.50. The second-order valence-corrected chi connectivity index (χ2v) is 2.72. The Morgan fingerprint density at radius 2 is 2.00 bits per heavy atom. The molecule has 6 nitrogen and oxygen atoms in total. The minimum absolute atomic E-state index is 0.206. The molecule has 2 amide bonds. The number of hydrogen-bond acceptors (Lipinski definition) is 4. The van der Waals surface area contributed by atoms with Gasteiger partial charge in [0.25, 0.3) is 0 Å². The van der Waals surface area contributed by atoms with Crippen molar-refractivity contribution in [3.8, 4) is 0 Å². The Morgan fingerprint density at radius 3 is 2.57 bits per heavy atom. The molecule has 0 rings (SSSR count). The third kappa shape index (κ3) is 8.79. The van der Waals surface area contributed by atoms with Gasteiger partial charge >= 0.3 is 12.0 Å². The number of carbonyl (C=O) groups excluding carboxylic acids is 2. The summed E-state index contributed by atoms with van der Waals surface area (Å²) in [5.74, 6) is -0.206. The second-order valence-electron chi connectivity index (χ2n) is 2.72. The van der Waals surface area contributed by atoms with Crippen molar-refractivity contribution >= 4 is 12.0 Å². The molecule has 14 heavy (non-hydrogen) atoms. The molecule has 0 aromatic heterocycles. The van der Waals surface area contributed by atoms with Gasteiger partial charge in [-0.2, -0.15) is 0 Å². The van der Waals surface area contributed by atoms with Crippen LogP contribution >= 0.6 is 0 Å². The van der Waals surface area contributed by atoms with Crippen molar-refractivity contribution in [1.29, 1.82) is 0 Å². The van der Waals surface area contributed by atoms with Crippen molar-refractivity contribution < 1.29 is 14.3 Å². The zero-order valence-electron chi connectivity index (χ0n) is 8.34. The van der Waals surface area contributed by atoms with E-state index in [-0.39, 0.29) is 5.97 Å². The van der Waals surface area contributed by atoms with Crippen molar-refractivity contribution in [2.45, 2.75) is 12.8 Å². The van der Waals surface area contributed by atoms with Gasteiger partial charge in [-0.3, -0.25) is 4.79 Å². The molecule has 82 valence electrons. The van der Waals surface area contributed by atoms with Gasteiger partial charge in [0.1, 0.15) is 0 Å². The lowest BCUT2D eigenvalue weighted by atomic mass is 10.3. The first-order valence-electron chi connectivity index (χ1n) is 4.47. The molecule has 0 heterocycles. The minimum atomic E-state index is -0.527. The van der Waals surface area contributed by atoms with Crippen molar-refractivity contribution in [1.82, 2.24) is 10.6 Å².